The third-order valence-corrected chi connectivity index (χ3v) is 13.1. The number of nitrogens with zero attached hydrogens (tertiary/aromatic N) is 5. The molecule has 0 radical (unpaired) electrons. The highest BCUT2D eigenvalue weighted by Crippen LogP contribution is 2.26. The van der Waals surface area contributed by atoms with Crippen molar-refractivity contribution in [2.75, 3.05) is 72.8 Å². The first-order valence-electron chi connectivity index (χ1n) is 22.8. The summed E-state index contributed by atoms with van der Waals surface area (Å²) in [5.74, 6) is -3.57. The third-order valence-electron chi connectivity index (χ3n) is 11.4. The number of hydrogen-bond donors (Lipinski definition) is 4. The molecule has 0 saturated heterocycles. The van der Waals surface area contributed by atoms with E-state index in [2.05, 4.69) is 40.0 Å². The lowest BCUT2D eigenvalue weighted by molar-refractivity contribution is -0.148. The third kappa shape index (κ3) is 20.0. The van der Waals surface area contributed by atoms with E-state index in [-0.39, 0.29) is 37.0 Å². The average Bonchev–Trinajstić information content (AvgIpc) is 3.25. The largest absolute Gasteiger partial charge is 0.365 e. The van der Waals surface area contributed by atoms with E-state index in [4.69, 9.17) is 4.74 Å². The summed E-state index contributed by atoms with van der Waals surface area (Å²) >= 11 is 2.81. The molecule has 0 aliphatic rings. The Labute approximate surface area is 398 Å². The van der Waals surface area contributed by atoms with Crippen LogP contribution < -0.4 is 21.3 Å². The van der Waals surface area contributed by atoms with Gasteiger partial charge in [0.2, 0.25) is 41.4 Å². The topological polar surface area (TPSA) is 210 Å². The van der Waals surface area contributed by atoms with Crippen molar-refractivity contribution in [1.82, 2.24) is 45.8 Å². The first-order chi connectivity index (χ1) is 30.2. The van der Waals surface area contributed by atoms with Gasteiger partial charge in [0.1, 0.15) is 36.3 Å². The standard InChI is InChI=1S/C45H85N9O9S2/c1-19-22-35(55)53(17)44(65-24-23-54(20-2)21-3)43(62)52(16)34(26-45(11,12)63-27-64-18)40(59)49-36(29(6)7)42(61)51(15)33(25-28(4)5)39(58)47-30(8)37(56)48-31(9)41(60)50(14)32(10)38(57)46-13/h28-34,36,44H,19-27H2,1-18H3,(H,46,57)(H,47,58)(H,48,56)(H,49,59)/t30-,31+,32+,33-,34-,36-,44+/m0/s1. The van der Waals surface area contributed by atoms with E-state index >= 15 is 0 Å². The van der Waals surface area contributed by atoms with Gasteiger partial charge in [0.15, 0.2) is 5.37 Å². The van der Waals surface area contributed by atoms with E-state index in [1.165, 1.54) is 85.2 Å². The predicted molar refractivity (Wildman–Crippen MR) is 261 cm³/mol. The molecule has 0 aliphatic carbocycles. The Balaban J connectivity index is 6.73. The molecule has 0 aromatic heterocycles. The maximum atomic E-state index is 14.7. The molecule has 0 spiro atoms. The van der Waals surface area contributed by atoms with Crippen LogP contribution in [0.5, 0.6) is 0 Å². The van der Waals surface area contributed by atoms with Crippen LogP contribution in [0.1, 0.15) is 109 Å². The number of amides is 8. The van der Waals surface area contributed by atoms with E-state index < -0.39 is 88.6 Å². The molecule has 376 valence electrons. The Morgan fingerprint density at radius 3 is 1.69 bits per heavy atom. The van der Waals surface area contributed by atoms with Crippen molar-refractivity contribution >= 4 is 70.8 Å². The van der Waals surface area contributed by atoms with Gasteiger partial charge in [-0.05, 0) is 78.6 Å². The SMILES string of the molecule is CCCC(=O)N(C)[C@H](SCCN(CC)CC)C(=O)N(C)[C@@H](CC(C)(C)OCSC)C(=O)N[C@H](C(=O)N(C)[C@@H](CC(C)C)C(=O)N[C@@H](C)C(=O)N[C@H](C)C(=O)N(C)[C@H](C)C(=O)NC)C(C)C. The van der Waals surface area contributed by atoms with Gasteiger partial charge in [-0.2, -0.15) is 0 Å². The van der Waals surface area contributed by atoms with Gasteiger partial charge >= 0.3 is 0 Å². The molecule has 0 fully saturated rings. The first kappa shape index (κ1) is 61.4. The van der Waals surface area contributed by atoms with Crippen molar-refractivity contribution in [3.05, 3.63) is 0 Å². The van der Waals surface area contributed by atoms with Gasteiger partial charge in [-0.25, -0.2) is 0 Å². The zero-order chi connectivity index (χ0) is 50.5. The molecule has 7 atom stereocenters. The van der Waals surface area contributed by atoms with Crippen molar-refractivity contribution in [2.24, 2.45) is 11.8 Å². The highest BCUT2D eigenvalue weighted by Gasteiger charge is 2.41. The number of nitrogens with one attached hydrogen (secondary N) is 4. The normalized spacial score (nSPS) is 14.9. The van der Waals surface area contributed by atoms with Crippen molar-refractivity contribution in [3.8, 4) is 0 Å². The van der Waals surface area contributed by atoms with Crippen LogP contribution in [0.15, 0.2) is 0 Å². The first-order valence-corrected chi connectivity index (χ1v) is 25.3. The van der Waals surface area contributed by atoms with Gasteiger partial charge in [-0.15, -0.1) is 23.5 Å². The molecular formula is C45H85N9O9S2. The van der Waals surface area contributed by atoms with E-state index in [0.29, 0.717) is 24.7 Å². The van der Waals surface area contributed by atoms with Crippen LogP contribution in [-0.4, -0.2) is 192 Å². The molecule has 20 heteroatoms. The number of rotatable bonds is 30. The molecule has 18 nitrogen and oxygen atoms in total. The Morgan fingerprint density at radius 1 is 0.662 bits per heavy atom. The molecule has 0 unspecified atom stereocenters. The maximum absolute atomic E-state index is 14.7. The smallest absolute Gasteiger partial charge is 0.256 e. The molecule has 4 N–H and O–H groups in total. The fourth-order valence-corrected chi connectivity index (χ4v) is 8.53. The van der Waals surface area contributed by atoms with Crippen molar-refractivity contribution < 1.29 is 43.1 Å². The van der Waals surface area contributed by atoms with Crippen molar-refractivity contribution in [3.63, 3.8) is 0 Å². The summed E-state index contributed by atoms with van der Waals surface area (Å²) < 4.78 is 6.12. The predicted octanol–water partition coefficient (Wildman–Crippen LogP) is 2.60. The number of ether oxygens (including phenoxy) is 1. The second-order valence-corrected chi connectivity index (χ2v) is 20.0. The summed E-state index contributed by atoms with van der Waals surface area (Å²) in [7, 11) is 7.53. The molecule has 0 bridgehead atoms. The summed E-state index contributed by atoms with van der Waals surface area (Å²) in [6, 6.07) is -6.23. The molecular weight excluding hydrogens is 875 g/mol. The minimum Gasteiger partial charge on any atom is -0.365 e. The quantitative estimate of drug-likeness (QED) is 0.0767. The Hall–Kier alpha value is -3.62. The number of hydrogen-bond acceptors (Lipinski definition) is 12. The molecule has 65 heavy (non-hydrogen) atoms. The maximum Gasteiger partial charge on any atom is 0.256 e. The second kappa shape index (κ2) is 29.9. The summed E-state index contributed by atoms with van der Waals surface area (Å²) in [6.07, 6.45) is 3.03. The van der Waals surface area contributed by atoms with E-state index in [9.17, 15) is 38.4 Å². The van der Waals surface area contributed by atoms with Crippen LogP contribution in [0, 0.1) is 11.8 Å². The van der Waals surface area contributed by atoms with Crippen molar-refractivity contribution in [1.29, 1.82) is 0 Å². The molecule has 0 saturated carbocycles. The molecule has 0 aromatic carbocycles. The molecule has 0 heterocycles. The molecule has 8 amide bonds. The van der Waals surface area contributed by atoms with Gasteiger partial charge in [-0.3, -0.25) is 38.4 Å². The van der Waals surface area contributed by atoms with Crippen LogP contribution in [0.3, 0.4) is 0 Å². The zero-order valence-corrected chi connectivity index (χ0v) is 44.4. The minimum atomic E-state index is -1.13. The highest BCUT2D eigenvalue weighted by atomic mass is 32.2. The van der Waals surface area contributed by atoms with E-state index in [0.717, 1.165) is 13.1 Å². The van der Waals surface area contributed by atoms with Gasteiger partial charge in [0.05, 0.1) is 11.5 Å². The van der Waals surface area contributed by atoms with E-state index in [1.54, 1.807) is 27.8 Å². The fraction of sp³-hybridized carbons (Fsp3) is 0.822. The summed E-state index contributed by atoms with van der Waals surface area (Å²) in [6.45, 7) is 23.9. The Bertz CT molecular complexity index is 1570. The second-order valence-electron chi connectivity index (χ2n) is 18.0. The van der Waals surface area contributed by atoms with Crippen molar-refractivity contribution in [2.45, 2.75) is 156 Å². The number of carbonyl (C=O) groups excluding carboxylic acids is 8. The van der Waals surface area contributed by atoms with Crippen LogP contribution >= 0.6 is 23.5 Å². The monoisotopic (exact) mass is 960 g/mol. The Morgan fingerprint density at radius 2 is 1.20 bits per heavy atom. The van der Waals surface area contributed by atoms with Crippen LogP contribution in [0.2, 0.25) is 0 Å². The number of thioether (sulfide) groups is 2. The number of likely N-dealkylation sites (N-methyl/N-ethyl adjacent to an activating group) is 5. The minimum absolute atomic E-state index is 0.0614. The fourth-order valence-electron chi connectivity index (χ4n) is 6.86. The summed E-state index contributed by atoms with van der Waals surface area (Å²) in [4.78, 5) is 117. The molecule has 0 aromatic rings. The lowest BCUT2D eigenvalue weighted by Crippen LogP contribution is -2.61. The molecule has 0 rings (SSSR count). The van der Waals surface area contributed by atoms with Gasteiger partial charge in [0, 0.05) is 60.4 Å². The highest BCUT2D eigenvalue weighted by molar-refractivity contribution is 8.00. The van der Waals surface area contributed by atoms with Gasteiger partial charge < -0.3 is 50.5 Å². The molecule has 0 aliphatic heterocycles. The average molecular weight is 960 g/mol. The van der Waals surface area contributed by atoms with Gasteiger partial charge in [0.25, 0.3) is 5.91 Å². The lowest BCUT2D eigenvalue weighted by Gasteiger charge is -2.38. The van der Waals surface area contributed by atoms with Crippen LogP contribution in [0.4, 0.5) is 0 Å². The number of carbonyl (C=O) groups is 8. The van der Waals surface area contributed by atoms with Gasteiger partial charge in [-0.1, -0.05) is 48.5 Å². The zero-order valence-electron chi connectivity index (χ0n) is 42.8. The summed E-state index contributed by atoms with van der Waals surface area (Å²) in [5, 5.41) is 9.78. The Kier molecular flexibility index (Phi) is 28.2. The van der Waals surface area contributed by atoms with Crippen LogP contribution in [-0.2, 0) is 43.1 Å². The van der Waals surface area contributed by atoms with E-state index in [1.807, 2.05) is 40.9 Å². The van der Waals surface area contributed by atoms with Crippen LogP contribution in [0.25, 0.3) is 0 Å². The lowest BCUT2D eigenvalue weighted by atomic mass is 9.95. The summed E-state index contributed by atoms with van der Waals surface area (Å²) in [5.41, 5.74) is -0.891.